The second kappa shape index (κ2) is 5.35. The first-order valence-electron chi connectivity index (χ1n) is 5.32. The van der Waals surface area contributed by atoms with Crippen LogP contribution in [0.25, 0.3) is 0 Å². The molecule has 20 heavy (non-hydrogen) atoms. The molecule has 0 saturated heterocycles. The second-order valence-electron chi connectivity index (χ2n) is 3.94. The Morgan fingerprint density at radius 3 is 2.30 bits per heavy atom. The topological polar surface area (TPSA) is 72.2 Å². The van der Waals surface area contributed by atoms with Crippen molar-refractivity contribution in [2.45, 2.75) is 4.90 Å². The maximum Gasteiger partial charge on any atom is 0.238 e. The van der Waals surface area contributed by atoms with Crippen molar-refractivity contribution < 1.29 is 17.2 Å². The smallest absolute Gasteiger partial charge is 0.238 e. The lowest BCUT2D eigenvalue weighted by Gasteiger charge is -2.09. The summed E-state index contributed by atoms with van der Waals surface area (Å²) in [5, 5.41) is 7.43. The molecule has 2 aromatic rings. The van der Waals surface area contributed by atoms with Crippen LogP contribution < -0.4 is 10.5 Å². The Morgan fingerprint density at radius 1 is 1.05 bits per heavy atom. The van der Waals surface area contributed by atoms with Crippen LogP contribution in [0.15, 0.2) is 41.3 Å². The Bertz CT molecular complexity index is 766. The number of hydrogen-bond donors (Lipinski definition) is 2. The predicted octanol–water partition coefficient (Wildman–Crippen LogP) is 3.01. The maximum absolute atomic E-state index is 13.8. The molecule has 0 saturated carbocycles. The van der Waals surface area contributed by atoms with Gasteiger partial charge in [0.05, 0.1) is 15.6 Å². The zero-order valence-electron chi connectivity index (χ0n) is 9.90. The van der Waals surface area contributed by atoms with Crippen LogP contribution in [0.5, 0.6) is 0 Å². The van der Waals surface area contributed by atoms with Crippen LogP contribution in [0, 0.1) is 11.6 Å². The number of sulfonamides is 1. The number of primary sulfonamides is 1. The third-order valence-corrected chi connectivity index (χ3v) is 3.67. The first kappa shape index (κ1) is 14.7. The molecule has 0 heterocycles. The largest absolute Gasteiger partial charge is 0.353 e. The van der Waals surface area contributed by atoms with E-state index < -0.39 is 21.7 Å². The summed E-state index contributed by atoms with van der Waals surface area (Å²) in [6.07, 6.45) is 0. The summed E-state index contributed by atoms with van der Waals surface area (Å²) in [4.78, 5) is -0.335. The highest BCUT2D eigenvalue weighted by Gasteiger charge is 2.12. The van der Waals surface area contributed by atoms with Crippen LogP contribution in [0.4, 0.5) is 20.2 Å². The summed E-state index contributed by atoms with van der Waals surface area (Å²) < 4.78 is 48.9. The molecule has 0 fully saturated rings. The van der Waals surface area contributed by atoms with Gasteiger partial charge in [-0.05, 0) is 36.4 Å². The van der Waals surface area contributed by atoms with Gasteiger partial charge in [-0.15, -0.1) is 0 Å². The van der Waals surface area contributed by atoms with Crippen LogP contribution in [0.3, 0.4) is 0 Å². The molecule has 0 aliphatic heterocycles. The van der Waals surface area contributed by atoms with Gasteiger partial charge in [-0.3, -0.25) is 0 Å². The Balaban J connectivity index is 2.32. The molecule has 3 N–H and O–H groups in total. The van der Waals surface area contributed by atoms with E-state index in [1.807, 2.05) is 0 Å². The van der Waals surface area contributed by atoms with E-state index in [0.717, 1.165) is 18.2 Å². The normalized spacial score (nSPS) is 11.4. The Hall–Kier alpha value is -1.70. The molecule has 0 amide bonds. The maximum atomic E-state index is 13.8. The molecule has 0 unspecified atom stereocenters. The van der Waals surface area contributed by atoms with Gasteiger partial charge < -0.3 is 5.32 Å². The third kappa shape index (κ3) is 3.24. The van der Waals surface area contributed by atoms with Crippen molar-refractivity contribution in [1.29, 1.82) is 0 Å². The van der Waals surface area contributed by atoms with E-state index in [9.17, 15) is 17.2 Å². The van der Waals surface area contributed by atoms with Crippen LogP contribution in [-0.2, 0) is 10.0 Å². The minimum Gasteiger partial charge on any atom is -0.353 e. The van der Waals surface area contributed by atoms with Crippen molar-refractivity contribution in [1.82, 2.24) is 0 Å². The molecule has 106 valence electrons. The van der Waals surface area contributed by atoms with Crippen LogP contribution in [0.1, 0.15) is 0 Å². The molecule has 2 aromatic carbocycles. The van der Waals surface area contributed by atoms with Crippen molar-refractivity contribution >= 4 is 33.0 Å². The number of anilines is 2. The molecular formula is C12H9ClF2N2O2S. The fourth-order valence-electron chi connectivity index (χ4n) is 1.50. The Kier molecular flexibility index (Phi) is 3.94. The number of rotatable bonds is 3. The predicted molar refractivity (Wildman–Crippen MR) is 72.5 cm³/mol. The van der Waals surface area contributed by atoms with Gasteiger partial charge in [0.2, 0.25) is 10.0 Å². The van der Waals surface area contributed by atoms with Crippen molar-refractivity contribution in [3.63, 3.8) is 0 Å². The van der Waals surface area contributed by atoms with Gasteiger partial charge in [-0.25, -0.2) is 22.3 Å². The molecule has 8 heteroatoms. The minimum absolute atomic E-state index is 0.0140. The molecule has 4 nitrogen and oxygen atoms in total. The highest BCUT2D eigenvalue weighted by molar-refractivity contribution is 7.89. The van der Waals surface area contributed by atoms with E-state index in [2.05, 4.69) is 5.32 Å². The van der Waals surface area contributed by atoms with Crippen molar-refractivity contribution in [2.75, 3.05) is 5.32 Å². The van der Waals surface area contributed by atoms with E-state index in [0.29, 0.717) is 5.69 Å². The van der Waals surface area contributed by atoms with Gasteiger partial charge in [0, 0.05) is 5.69 Å². The van der Waals surface area contributed by atoms with Gasteiger partial charge in [-0.2, -0.15) is 0 Å². The molecule has 0 spiro atoms. The standard InChI is InChI=1S/C12H9ClF2N2O2S/c13-9-5-7(1-3-10(9)14)17-12-4-2-8(6-11(12)15)20(16,18)19/h1-6,17H,(H2,16,18,19). The van der Waals surface area contributed by atoms with E-state index in [1.165, 1.54) is 18.2 Å². The lowest BCUT2D eigenvalue weighted by atomic mass is 10.2. The van der Waals surface area contributed by atoms with E-state index in [-0.39, 0.29) is 15.6 Å². The van der Waals surface area contributed by atoms with Gasteiger partial charge in [-0.1, -0.05) is 11.6 Å². The average molecular weight is 319 g/mol. The van der Waals surface area contributed by atoms with Crippen molar-refractivity contribution in [3.05, 3.63) is 53.1 Å². The quantitative estimate of drug-likeness (QED) is 0.913. The van der Waals surface area contributed by atoms with Crippen LogP contribution in [-0.4, -0.2) is 8.42 Å². The molecule has 0 bridgehead atoms. The molecule has 0 radical (unpaired) electrons. The highest BCUT2D eigenvalue weighted by Crippen LogP contribution is 2.25. The number of nitrogens with two attached hydrogens (primary N) is 1. The first-order valence-corrected chi connectivity index (χ1v) is 7.24. The molecule has 0 aliphatic carbocycles. The Labute approximate surface area is 119 Å². The van der Waals surface area contributed by atoms with E-state index in [4.69, 9.17) is 16.7 Å². The molecule has 0 atom stereocenters. The molecule has 2 rings (SSSR count). The summed E-state index contributed by atoms with van der Waals surface area (Å²) in [6.45, 7) is 0. The summed E-state index contributed by atoms with van der Waals surface area (Å²) in [5.74, 6) is -1.40. The van der Waals surface area contributed by atoms with Gasteiger partial charge in [0.1, 0.15) is 11.6 Å². The van der Waals surface area contributed by atoms with E-state index in [1.54, 1.807) is 0 Å². The SMILES string of the molecule is NS(=O)(=O)c1ccc(Nc2ccc(F)c(Cl)c2)c(F)c1. The third-order valence-electron chi connectivity index (χ3n) is 2.47. The Morgan fingerprint density at radius 2 is 1.75 bits per heavy atom. The lowest BCUT2D eigenvalue weighted by Crippen LogP contribution is -2.12. The van der Waals surface area contributed by atoms with Gasteiger partial charge in [0.15, 0.2) is 0 Å². The van der Waals surface area contributed by atoms with Gasteiger partial charge in [0.25, 0.3) is 0 Å². The zero-order chi connectivity index (χ0) is 14.9. The van der Waals surface area contributed by atoms with Crippen molar-refractivity contribution in [3.8, 4) is 0 Å². The summed E-state index contributed by atoms with van der Waals surface area (Å²) in [5.41, 5.74) is 0.374. The fourth-order valence-corrected chi connectivity index (χ4v) is 2.21. The number of hydrogen-bond acceptors (Lipinski definition) is 3. The minimum atomic E-state index is -3.97. The fraction of sp³-hybridized carbons (Fsp3) is 0. The first-order chi connectivity index (χ1) is 9.27. The second-order valence-corrected chi connectivity index (χ2v) is 5.91. The van der Waals surface area contributed by atoms with Crippen molar-refractivity contribution in [2.24, 2.45) is 5.14 Å². The van der Waals surface area contributed by atoms with Crippen LogP contribution in [0.2, 0.25) is 5.02 Å². The molecular weight excluding hydrogens is 310 g/mol. The average Bonchev–Trinajstić information content (AvgIpc) is 2.35. The lowest BCUT2D eigenvalue weighted by molar-refractivity contribution is 0.593. The number of nitrogens with one attached hydrogen (secondary N) is 1. The highest BCUT2D eigenvalue weighted by atomic mass is 35.5. The van der Waals surface area contributed by atoms with Gasteiger partial charge >= 0.3 is 0 Å². The summed E-state index contributed by atoms with van der Waals surface area (Å²) >= 11 is 5.60. The van der Waals surface area contributed by atoms with E-state index >= 15 is 0 Å². The number of benzene rings is 2. The van der Waals surface area contributed by atoms with Crippen LogP contribution >= 0.6 is 11.6 Å². The molecule has 0 aromatic heterocycles. The zero-order valence-corrected chi connectivity index (χ0v) is 11.5. The summed E-state index contributed by atoms with van der Waals surface area (Å²) in [6, 6.07) is 6.94. The summed E-state index contributed by atoms with van der Waals surface area (Å²) in [7, 11) is -3.97. The monoisotopic (exact) mass is 318 g/mol. The molecule has 0 aliphatic rings. The number of halogens is 3.